The number of carbonyl (C=O) groups excluding carboxylic acids is 4. The van der Waals surface area contributed by atoms with Crippen LogP contribution >= 0.6 is 0 Å². The van der Waals surface area contributed by atoms with Crippen molar-refractivity contribution < 1.29 is 19.2 Å². The third-order valence-electron chi connectivity index (χ3n) is 11.1. The van der Waals surface area contributed by atoms with Crippen LogP contribution in [-0.4, -0.2) is 34.1 Å². The summed E-state index contributed by atoms with van der Waals surface area (Å²) in [6.45, 7) is 16.9. The van der Waals surface area contributed by atoms with E-state index < -0.39 is 11.4 Å². The Morgan fingerprint density at radius 1 is 0.562 bits per heavy atom. The molecule has 4 aromatic rings. The van der Waals surface area contributed by atoms with Crippen molar-refractivity contribution in [3.8, 4) is 11.1 Å². The van der Waals surface area contributed by atoms with Crippen LogP contribution in [0.3, 0.4) is 0 Å². The van der Waals surface area contributed by atoms with E-state index in [1.165, 1.54) is 15.4 Å². The maximum Gasteiger partial charge on any atom is 0.266 e. The number of nitrogens with zero attached hydrogens (tertiary/aromatic N) is 2. The van der Waals surface area contributed by atoms with E-state index in [-0.39, 0.29) is 23.1 Å². The lowest BCUT2D eigenvalue weighted by atomic mass is 9.77. The van der Waals surface area contributed by atoms with Crippen LogP contribution in [0, 0.1) is 0 Å². The van der Waals surface area contributed by atoms with Crippen molar-refractivity contribution in [1.29, 1.82) is 0 Å². The fourth-order valence-electron chi connectivity index (χ4n) is 6.84. The Hall–Kier alpha value is -5.10. The normalized spacial score (nSPS) is 14.5. The lowest BCUT2D eigenvalue weighted by molar-refractivity contribution is 0.0434. The summed E-state index contributed by atoms with van der Waals surface area (Å²) in [5.41, 5.74) is 6.88. The molecule has 2 aliphatic heterocycles. The maximum absolute atomic E-state index is 13.7. The van der Waals surface area contributed by atoms with Gasteiger partial charge in [0.2, 0.25) is 0 Å². The van der Waals surface area contributed by atoms with Gasteiger partial charge in [-0.3, -0.25) is 24.1 Å². The molecule has 0 aliphatic carbocycles. The molecular formula is C42H42N2O4. The molecule has 0 saturated heterocycles. The first-order valence-corrected chi connectivity index (χ1v) is 16.9. The standard InChI is InChI=1S/C42H42N2O4/c1-8-41(6,9-2)31-18-12-27(13-19-31)26(5)28-14-20-32(21-15-28)43-37(45)33-22-16-29(24-35(33)38(43)46)30-17-23-34-36(25-30)40(48)44(39(34)47)42(7,10-3)11-4/h12-25H,5,8-11H2,1-4,6-7H3. The number of fused-ring (bicyclic) bond motifs is 2. The number of amides is 4. The van der Waals surface area contributed by atoms with Crippen LogP contribution in [0.4, 0.5) is 5.69 Å². The number of anilines is 1. The molecule has 6 nitrogen and oxygen atoms in total. The highest BCUT2D eigenvalue weighted by Crippen LogP contribution is 2.38. The second-order valence-corrected chi connectivity index (χ2v) is 13.5. The van der Waals surface area contributed by atoms with Crippen molar-refractivity contribution in [3.63, 3.8) is 0 Å². The van der Waals surface area contributed by atoms with Crippen molar-refractivity contribution in [2.45, 2.75) is 78.2 Å². The highest BCUT2D eigenvalue weighted by Gasteiger charge is 2.45. The maximum atomic E-state index is 13.7. The van der Waals surface area contributed by atoms with Gasteiger partial charge in [-0.2, -0.15) is 0 Å². The van der Waals surface area contributed by atoms with Crippen LogP contribution in [0.15, 0.2) is 91.5 Å². The number of hydrogen-bond donors (Lipinski definition) is 0. The molecule has 0 atom stereocenters. The summed E-state index contributed by atoms with van der Waals surface area (Å²) in [4.78, 5) is 56.4. The Kier molecular flexibility index (Phi) is 8.32. The summed E-state index contributed by atoms with van der Waals surface area (Å²) in [6.07, 6.45) is 3.45. The minimum absolute atomic E-state index is 0.141. The monoisotopic (exact) mass is 638 g/mol. The summed E-state index contributed by atoms with van der Waals surface area (Å²) in [7, 11) is 0. The van der Waals surface area contributed by atoms with E-state index in [2.05, 4.69) is 51.6 Å². The molecule has 0 fully saturated rings. The van der Waals surface area contributed by atoms with Gasteiger partial charge in [0, 0.05) is 5.54 Å². The summed E-state index contributed by atoms with van der Waals surface area (Å²) in [5.74, 6) is -1.38. The summed E-state index contributed by atoms with van der Waals surface area (Å²) in [6, 6.07) is 26.2. The van der Waals surface area contributed by atoms with Crippen molar-refractivity contribution in [2.24, 2.45) is 0 Å². The van der Waals surface area contributed by atoms with Crippen LogP contribution < -0.4 is 4.90 Å². The largest absolute Gasteiger partial charge is 0.269 e. The zero-order valence-electron chi connectivity index (χ0n) is 28.6. The lowest BCUT2D eigenvalue weighted by Gasteiger charge is -2.35. The number of hydrogen-bond acceptors (Lipinski definition) is 4. The fraction of sp³-hybridized carbons (Fsp3) is 0.286. The number of benzene rings is 4. The first kappa shape index (κ1) is 32.8. The number of carbonyl (C=O) groups is 4. The van der Waals surface area contributed by atoms with Gasteiger partial charge < -0.3 is 0 Å². The molecule has 48 heavy (non-hydrogen) atoms. The lowest BCUT2D eigenvalue weighted by Crippen LogP contribution is -2.48. The van der Waals surface area contributed by atoms with Crippen LogP contribution in [0.25, 0.3) is 16.7 Å². The van der Waals surface area contributed by atoms with Gasteiger partial charge in [-0.15, -0.1) is 0 Å². The van der Waals surface area contributed by atoms with Gasteiger partial charge in [0.1, 0.15) is 0 Å². The predicted octanol–water partition coefficient (Wildman–Crippen LogP) is 9.47. The molecule has 0 radical (unpaired) electrons. The smallest absolute Gasteiger partial charge is 0.266 e. The Morgan fingerprint density at radius 2 is 1.00 bits per heavy atom. The van der Waals surface area contributed by atoms with Crippen LogP contribution in [0.1, 0.15) is 125 Å². The van der Waals surface area contributed by atoms with E-state index >= 15 is 0 Å². The molecule has 4 aromatic carbocycles. The van der Waals surface area contributed by atoms with Crippen molar-refractivity contribution >= 4 is 34.9 Å². The number of rotatable bonds is 10. The SMILES string of the molecule is C=C(c1ccc(N2C(=O)c3ccc(-c4ccc5c(c4)C(=O)N(C(C)(CC)CC)C5=O)cc3C2=O)cc1)c1ccc(C(C)(CC)CC)cc1. The first-order valence-electron chi connectivity index (χ1n) is 16.9. The Bertz CT molecular complexity index is 1980. The van der Waals surface area contributed by atoms with Crippen LogP contribution in [0.5, 0.6) is 0 Å². The second kappa shape index (κ2) is 12.2. The summed E-state index contributed by atoms with van der Waals surface area (Å²) < 4.78 is 0. The molecule has 6 rings (SSSR count). The molecule has 6 heteroatoms. The molecule has 0 spiro atoms. The van der Waals surface area contributed by atoms with Gasteiger partial charge in [-0.25, -0.2) is 4.90 Å². The minimum Gasteiger partial charge on any atom is -0.269 e. The van der Waals surface area contributed by atoms with Gasteiger partial charge in [-0.05, 0) is 108 Å². The van der Waals surface area contributed by atoms with E-state index in [1.807, 2.05) is 32.9 Å². The van der Waals surface area contributed by atoms with E-state index in [9.17, 15) is 19.2 Å². The van der Waals surface area contributed by atoms with Gasteiger partial charge >= 0.3 is 0 Å². The Balaban J connectivity index is 1.23. The Labute approximate surface area is 283 Å². The van der Waals surface area contributed by atoms with E-state index in [0.717, 1.165) is 29.5 Å². The van der Waals surface area contributed by atoms with E-state index in [1.54, 1.807) is 48.5 Å². The highest BCUT2D eigenvalue weighted by molar-refractivity contribution is 6.34. The number of imide groups is 2. The molecule has 2 heterocycles. The van der Waals surface area contributed by atoms with Crippen molar-refractivity contribution in [3.05, 3.63) is 130 Å². The molecule has 0 bridgehead atoms. The van der Waals surface area contributed by atoms with Crippen LogP contribution in [-0.2, 0) is 5.41 Å². The van der Waals surface area contributed by atoms with Gasteiger partial charge in [0.15, 0.2) is 0 Å². The second-order valence-electron chi connectivity index (χ2n) is 13.5. The Morgan fingerprint density at radius 3 is 1.50 bits per heavy atom. The fourth-order valence-corrected chi connectivity index (χ4v) is 6.84. The highest BCUT2D eigenvalue weighted by atomic mass is 16.2. The molecule has 0 aromatic heterocycles. The quantitative estimate of drug-likeness (QED) is 0.162. The molecule has 0 saturated carbocycles. The van der Waals surface area contributed by atoms with Gasteiger partial charge in [0.25, 0.3) is 23.6 Å². The molecule has 0 N–H and O–H groups in total. The average molecular weight is 639 g/mol. The van der Waals surface area contributed by atoms with Crippen LogP contribution in [0.2, 0.25) is 0 Å². The van der Waals surface area contributed by atoms with Crippen molar-refractivity contribution in [1.82, 2.24) is 4.90 Å². The van der Waals surface area contributed by atoms with Gasteiger partial charge in [-0.1, -0.05) is 89.7 Å². The van der Waals surface area contributed by atoms with E-state index in [0.29, 0.717) is 51.9 Å². The molecular weight excluding hydrogens is 596 g/mol. The summed E-state index contributed by atoms with van der Waals surface area (Å²) >= 11 is 0. The zero-order chi connectivity index (χ0) is 34.5. The topological polar surface area (TPSA) is 74.8 Å². The third-order valence-corrected chi connectivity index (χ3v) is 11.1. The zero-order valence-corrected chi connectivity index (χ0v) is 28.6. The average Bonchev–Trinajstić information content (AvgIpc) is 3.53. The van der Waals surface area contributed by atoms with E-state index in [4.69, 9.17) is 0 Å². The van der Waals surface area contributed by atoms with Gasteiger partial charge in [0.05, 0.1) is 27.9 Å². The molecule has 244 valence electrons. The molecule has 0 unspecified atom stereocenters. The van der Waals surface area contributed by atoms with Crippen molar-refractivity contribution in [2.75, 3.05) is 4.90 Å². The minimum atomic E-state index is -0.570. The molecule has 4 amide bonds. The predicted molar refractivity (Wildman–Crippen MR) is 191 cm³/mol. The summed E-state index contributed by atoms with van der Waals surface area (Å²) in [5, 5.41) is 0. The molecule has 2 aliphatic rings. The third kappa shape index (κ3) is 5.11. The first-order chi connectivity index (χ1) is 22.9.